The summed E-state index contributed by atoms with van der Waals surface area (Å²) in [5.41, 5.74) is 1.81. The minimum Gasteiger partial charge on any atom is -0.393 e. The summed E-state index contributed by atoms with van der Waals surface area (Å²) < 4.78 is 0. The number of hydrogen-bond donors (Lipinski definition) is 2. The van der Waals surface area contributed by atoms with Crippen LogP contribution in [0.1, 0.15) is 50.0 Å². The van der Waals surface area contributed by atoms with Gasteiger partial charge in [-0.05, 0) is 18.4 Å². The molecule has 1 aromatic rings. The molecule has 0 amide bonds. The Kier molecular flexibility index (Phi) is 4.17. The van der Waals surface area contributed by atoms with E-state index < -0.39 is 6.10 Å². The predicted molar refractivity (Wildman–Crippen MR) is 57.5 cm³/mol. The second-order valence-corrected chi connectivity index (χ2v) is 3.85. The van der Waals surface area contributed by atoms with Gasteiger partial charge in [0.05, 0.1) is 6.61 Å². The van der Waals surface area contributed by atoms with Gasteiger partial charge in [0.15, 0.2) is 5.82 Å². The van der Waals surface area contributed by atoms with Crippen LogP contribution in [-0.2, 0) is 6.42 Å². The molecule has 0 aromatic carbocycles. The van der Waals surface area contributed by atoms with Gasteiger partial charge < -0.3 is 10.2 Å². The number of nitrogens with zero attached hydrogens (tertiary/aromatic N) is 2. The van der Waals surface area contributed by atoms with Crippen LogP contribution in [0.15, 0.2) is 6.07 Å². The van der Waals surface area contributed by atoms with Crippen molar-refractivity contribution >= 4 is 0 Å². The van der Waals surface area contributed by atoms with E-state index in [0.717, 1.165) is 17.8 Å². The fraction of sp³-hybridized carbons (Fsp3) is 0.636. The molecule has 1 rings (SSSR count). The number of aliphatic hydroxyl groups excluding tert-OH is 2. The average molecular weight is 210 g/mol. The first kappa shape index (κ1) is 12.1. The highest BCUT2D eigenvalue weighted by Gasteiger charge is 2.13. The highest BCUT2D eigenvalue weighted by Crippen LogP contribution is 2.16. The first-order valence-electron chi connectivity index (χ1n) is 5.25. The van der Waals surface area contributed by atoms with E-state index in [2.05, 4.69) is 9.97 Å². The van der Waals surface area contributed by atoms with Crippen LogP contribution in [0, 0.1) is 0 Å². The third-order valence-electron chi connectivity index (χ3n) is 2.24. The molecule has 1 aromatic heterocycles. The van der Waals surface area contributed by atoms with Gasteiger partial charge in [-0.15, -0.1) is 0 Å². The molecule has 0 spiro atoms. The maximum absolute atomic E-state index is 9.48. The maximum Gasteiger partial charge on any atom is 0.159 e. The zero-order valence-corrected chi connectivity index (χ0v) is 9.44. The second-order valence-electron chi connectivity index (χ2n) is 3.85. The van der Waals surface area contributed by atoms with Crippen molar-refractivity contribution in [3.8, 4) is 0 Å². The summed E-state index contributed by atoms with van der Waals surface area (Å²) in [6, 6.07) is 1.94. The molecule has 0 radical (unpaired) electrons. The van der Waals surface area contributed by atoms with E-state index in [9.17, 15) is 5.11 Å². The van der Waals surface area contributed by atoms with Crippen molar-refractivity contribution in [2.24, 2.45) is 0 Å². The third-order valence-corrected chi connectivity index (χ3v) is 2.24. The summed E-state index contributed by atoms with van der Waals surface area (Å²) in [7, 11) is 0. The predicted octanol–water partition coefficient (Wildman–Crippen LogP) is 1.19. The van der Waals surface area contributed by atoms with E-state index in [1.165, 1.54) is 0 Å². The summed E-state index contributed by atoms with van der Waals surface area (Å²) in [4.78, 5) is 8.41. The van der Waals surface area contributed by atoms with Gasteiger partial charge in [-0.1, -0.05) is 20.8 Å². The number of aliphatic hydroxyl groups is 2. The van der Waals surface area contributed by atoms with E-state index >= 15 is 0 Å². The molecule has 4 heteroatoms. The summed E-state index contributed by atoms with van der Waals surface area (Å²) >= 11 is 0. The summed E-state index contributed by atoms with van der Waals surface area (Å²) in [6.45, 7) is 5.74. The Morgan fingerprint density at radius 1 is 1.33 bits per heavy atom. The van der Waals surface area contributed by atoms with Crippen LogP contribution in [0.5, 0.6) is 0 Å². The van der Waals surface area contributed by atoms with Crippen molar-refractivity contribution in [1.29, 1.82) is 0 Å². The zero-order chi connectivity index (χ0) is 11.4. The monoisotopic (exact) mass is 210 g/mol. The molecule has 0 saturated heterocycles. The van der Waals surface area contributed by atoms with Crippen LogP contribution in [0.2, 0.25) is 0 Å². The molecule has 0 saturated carbocycles. The fourth-order valence-electron chi connectivity index (χ4n) is 1.25. The van der Waals surface area contributed by atoms with Gasteiger partial charge in [0.1, 0.15) is 6.10 Å². The van der Waals surface area contributed by atoms with Gasteiger partial charge >= 0.3 is 0 Å². The van der Waals surface area contributed by atoms with Crippen LogP contribution >= 0.6 is 0 Å². The first-order chi connectivity index (χ1) is 7.08. The minimum atomic E-state index is -0.978. The lowest BCUT2D eigenvalue weighted by molar-refractivity contribution is 0.0881. The molecule has 84 valence electrons. The standard InChI is InChI=1S/C11H18N2O2/c1-4-8-5-9(7(2)3)13-11(12-8)10(15)6-14/h5,7,10,14-15H,4,6H2,1-3H3/t10-/m1/s1. The minimum absolute atomic E-state index is 0.294. The van der Waals surface area contributed by atoms with Crippen molar-refractivity contribution in [1.82, 2.24) is 9.97 Å². The number of hydrogen-bond acceptors (Lipinski definition) is 4. The molecule has 0 aliphatic carbocycles. The van der Waals surface area contributed by atoms with Gasteiger partial charge in [-0.3, -0.25) is 0 Å². The maximum atomic E-state index is 9.48. The largest absolute Gasteiger partial charge is 0.393 e. The van der Waals surface area contributed by atoms with Gasteiger partial charge in [0, 0.05) is 11.4 Å². The van der Waals surface area contributed by atoms with Crippen LogP contribution < -0.4 is 0 Å². The molecule has 15 heavy (non-hydrogen) atoms. The van der Waals surface area contributed by atoms with Gasteiger partial charge in [0.2, 0.25) is 0 Å². The van der Waals surface area contributed by atoms with Gasteiger partial charge in [0.25, 0.3) is 0 Å². The highest BCUT2D eigenvalue weighted by molar-refractivity contribution is 5.15. The molecule has 4 nitrogen and oxygen atoms in total. The molecule has 1 heterocycles. The number of aromatic nitrogens is 2. The van der Waals surface area contributed by atoms with E-state index in [0.29, 0.717) is 11.7 Å². The lowest BCUT2D eigenvalue weighted by Crippen LogP contribution is -2.11. The van der Waals surface area contributed by atoms with Crippen LogP contribution in [0.4, 0.5) is 0 Å². The Hall–Kier alpha value is -1.00. The van der Waals surface area contributed by atoms with Crippen molar-refractivity contribution < 1.29 is 10.2 Å². The Bertz CT molecular complexity index is 326. The van der Waals surface area contributed by atoms with Crippen molar-refractivity contribution in [3.05, 3.63) is 23.3 Å². The van der Waals surface area contributed by atoms with E-state index in [1.807, 2.05) is 26.8 Å². The Morgan fingerprint density at radius 3 is 2.47 bits per heavy atom. The summed E-state index contributed by atoms with van der Waals surface area (Å²) in [5.74, 6) is 0.614. The lowest BCUT2D eigenvalue weighted by atomic mass is 10.1. The topological polar surface area (TPSA) is 66.2 Å². The summed E-state index contributed by atoms with van der Waals surface area (Å²) in [6.07, 6.45) is -0.179. The molecule has 0 aliphatic heterocycles. The number of rotatable bonds is 4. The Balaban J connectivity index is 3.11. The Labute approximate surface area is 90.0 Å². The van der Waals surface area contributed by atoms with E-state index in [-0.39, 0.29) is 6.61 Å². The SMILES string of the molecule is CCc1cc(C(C)C)nc([C@H](O)CO)n1. The van der Waals surface area contributed by atoms with Crippen LogP contribution in [0.25, 0.3) is 0 Å². The molecule has 0 bridgehead atoms. The smallest absolute Gasteiger partial charge is 0.159 e. The normalized spacial score (nSPS) is 13.2. The molecule has 0 aliphatic rings. The first-order valence-corrected chi connectivity index (χ1v) is 5.25. The molecule has 1 atom stereocenters. The summed E-state index contributed by atoms with van der Waals surface area (Å²) in [5, 5.41) is 18.3. The zero-order valence-electron chi connectivity index (χ0n) is 9.44. The quantitative estimate of drug-likeness (QED) is 0.783. The lowest BCUT2D eigenvalue weighted by Gasteiger charge is -2.11. The van der Waals surface area contributed by atoms with Crippen molar-refractivity contribution in [2.75, 3.05) is 6.61 Å². The van der Waals surface area contributed by atoms with Gasteiger partial charge in [-0.2, -0.15) is 0 Å². The number of aryl methyl sites for hydroxylation is 1. The molecular weight excluding hydrogens is 192 g/mol. The van der Waals surface area contributed by atoms with E-state index in [1.54, 1.807) is 0 Å². The Morgan fingerprint density at radius 2 is 2.00 bits per heavy atom. The molecule has 0 fully saturated rings. The van der Waals surface area contributed by atoms with Crippen LogP contribution in [0.3, 0.4) is 0 Å². The third kappa shape index (κ3) is 2.97. The molecular formula is C11H18N2O2. The molecule has 2 N–H and O–H groups in total. The highest BCUT2D eigenvalue weighted by atomic mass is 16.3. The fourth-order valence-corrected chi connectivity index (χ4v) is 1.25. The van der Waals surface area contributed by atoms with Gasteiger partial charge in [-0.25, -0.2) is 9.97 Å². The second kappa shape index (κ2) is 5.19. The van der Waals surface area contributed by atoms with Crippen LogP contribution in [-0.4, -0.2) is 26.8 Å². The average Bonchev–Trinajstić information content (AvgIpc) is 2.27. The van der Waals surface area contributed by atoms with E-state index in [4.69, 9.17) is 5.11 Å². The van der Waals surface area contributed by atoms with Crippen molar-refractivity contribution in [3.63, 3.8) is 0 Å². The van der Waals surface area contributed by atoms with Crippen molar-refractivity contribution in [2.45, 2.75) is 39.2 Å². The molecule has 0 unspecified atom stereocenters.